The van der Waals surface area contributed by atoms with Crippen molar-refractivity contribution in [1.29, 1.82) is 0 Å². The SMILES string of the molecule is CCOC(=O)[C@@H](C)c1c(C)[nH]c(=S)[nH]c1=O. The highest BCUT2D eigenvalue weighted by atomic mass is 32.1. The number of aromatic amines is 2. The van der Waals surface area contributed by atoms with Gasteiger partial charge in [0.2, 0.25) is 0 Å². The Bertz CT molecular complexity index is 504. The lowest BCUT2D eigenvalue weighted by Crippen LogP contribution is -2.24. The molecule has 0 fully saturated rings. The third-order valence-electron chi connectivity index (χ3n) is 2.25. The Kier molecular flexibility index (Phi) is 4.00. The van der Waals surface area contributed by atoms with Crippen LogP contribution in [0.15, 0.2) is 4.79 Å². The first-order chi connectivity index (χ1) is 7.47. The van der Waals surface area contributed by atoms with Crippen LogP contribution in [0.5, 0.6) is 0 Å². The molecule has 0 radical (unpaired) electrons. The van der Waals surface area contributed by atoms with Crippen LogP contribution in [-0.2, 0) is 9.53 Å². The van der Waals surface area contributed by atoms with Crippen molar-refractivity contribution < 1.29 is 9.53 Å². The van der Waals surface area contributed by atoms with Crippen molar-refractivity contribution in [3.63, 3.8) is 0 Å². The molecule has 6 heteroatoms. The molecule has 0 aliphatic rings. The first-order valence-corrected chi connectivity index (χ1v) is 5.38. The predicted molar refractivity (Wildman–Crippen MR) is 62.0 cm³/mol. The zero-order chi connectivity index (χ0) is 12.3. The van der Waals surface area contributed by atoms with Crippen LogP contribution >= 0.6 is 12.2 Å². The van der Waals surface area contributed by atoms with Crippen molar-refractivity contribution in [2.45, 2.75) is 26.7 Å². The van der Waals surface area contributed by atoms with Crippen LogP contribution in [0.1, 0.15) is 31.0 Å². The van der Waals surface area contributed by atoms with E-state index in [0.717, 1.165) is 0 Å². The highest BCUT2D eigenvalue weighted by Crippen LogP contribution is 2.14. The van der Waals surface area contributed by atoms with Crippen molar-refractivity contribution in [2.24, 2.45) is 0 Å². The summed E-state index contributed by atoms with van der Waals surface area (Å²) < 4.78 is 5.12. The van der Waals surface area contributed by atoms with Crippen LogP contribution in [0.2, 0.25) is 0 Å². The predicted octanol–water partition coefficient (Wildman–Crippen LogP) is 1.41. The summed E-state index contributed by atoms with van der Waals surface area (Å²) in [6, 6.07) is 0. The van der Waals surface area contributed by atoms with Crippen molar-refractivity contribution in [1.82, 2.24) is 9.97 Å². The third-order valence-corrected chi connectivity index (χ3v) is 2.45. The second-order valence-corrected chi connectivity index (χ2v) is 3.83. The molecule has 0 saturated carbocycles. The number of ether oxygens (including phenoxy) is 1. The van der Waals surface area contributed by atoms with Gasteiger partial charge in [0.05, 0.1) is 18.1 Å². The van der Waals surface area contributed by atoms with Gasteiger partial charge < -0.3 is 9.72 Å². The van der Waals surface area contributed by atoms with Gasteiger partial charge in [-0.2, -0.15) is 0 Å². The molecule has 0 bridgehead atoms. The highest BCUT2D eigenvalue weighted by Gasteiger charge is 2.21. The number of H-pyrrole nitrogens is 2. The average molecular weight is 242 g/mol. The maximum atomic E-state index is 11.7. The number of carbonyl (C=O) groups is 1. The maximum Gasteiger partial charge on any atom is 0.313 e. The number of aryl methyl sites for hydroxylation is 1. The molecule has 1 heterocycles. The van der Waals surface area contributed by atoms with Crippen LogP contribution in [-0.4, -0.2) is 22.5 Å². The van der Waals surface area contributed by atoms with Crippen LogP contribution in [0, 0.1) is 11.7 Å². The van der Waals surface area contributed by atoms with Crippen LogP contribution in [0.4, 0.5) is 0 Å². The van der Waals surface area contributed by atoms with E-state index in [9.17, 15) is 9.59 Å². The largest absolute Gasteiger partial charge is 0.466 e. The maximum absolute atomic E-state index is 11.7. The molecule has 1 aromatic heterocycles. The fraction of sp³-hybridized carbons (Fsp3) is 0.500. The lowest BCUT2D eigenvalue weighted by molar-refractivity contribution is -0.144. The van der Waals surface area contributed by atoms with Gasteiger partial charge in [0.15, 0.2) is 4.77 Å². The van der Waals surface area contributed by atoms with Crippen molar-refractivity contribution in [2.75, 3.05) is 6.61 Å². The molecule has 1 rings (SSSR count). The van der Waals surface area contributed by atoms with E-state index in [4.69, 9.17) is 17.0 Å². The number of carbonyl (C=O) groups excluding carboxylic acids is 1. The molecular formula is C10H14N2O3S. The van der Waals surface area contributed by atoms with E-state index in [1.807, 2.05) is 0 Å². The summed E-state index contributed by atoms with van der Waals surface area (Å²) in [7, 11) is 0. The Morgan fingerprint density at radius 3 is 2.62 bits per heavy atom. The van der Waals surface area contributed by atoms with E-state index in [1.165, 1.54) is 0 Å². The van der Waals surface area contributed by atoms with Gasteiger partial charge in [-0.3, -0.25) is 14.6 Å². The Hall–Kier alpha value is -1.43. The molecule has 1 aromatic rings. The summed E-state index contributed by atoms with van der Waals surface area (Å²) in [5.74, 6) is -1.02. The second-order valence-electron chi connectivity index (χ2n) is 3.42. The van der Waals surface area contributed by atoms with Crippen molar-refractivity contribution >= 4 is 18.2 Å². The van der Waals surface area contributed by atoms with E-state index in [0.29, 0.717) is 17.9 Å². The van der Waals surface area contributed by atoms with E-state index in [-0.39, 0.29) is 10.3 Å². The van der Waals surface area contributed by atoms with E-state index < -0.39 is 11.9 Å². The van der Waals surface area contributed by atoms with Crippen molar-refractivity contribution in [3.05, 3.63) is 26.4 Å². The summed E-state index contributed by atoms with van der Waals surface area (Å²) in [6.45, 7) is 5.35. The first-order valence-electron chi connectivity index (χ1n) is 4.97. The lowest BCUT2D eigenvalue weighted by atomic mass is 10.0. The van der Waals surface area contributed by atoms with Gasteiger partial charge in [0.25, 0.3) is 5.56 Å². The van der Waals surface area contributed by atoms with Crippen LogP contribution in [0.25, 0.3) is 0 Å². The van der Waals surface area contributed by atoms with Gasteiger partial charge in [-0.1, -0.05) is 0 Å². The molecule has 0 spiro atoms. The van der Waals surface area contributed by atoms with Gasteiger partial charge in [0.1, 0.15) is 0 Å². The smallest absolute Gasteiger partial charge is 0.313 e. The van der Waals surface area contributed by atoms with Gasteiger partial charge in [-0.25, -0.2) is 0 Å². The van der Waals surface area contributed by atoms with E-state index >= 15 is 0 Å². The average Bonchev–Trinajstić information content (AvgIpc) is 2.16. The summed E-state index contributed by atoms with van der Waals surface area (Å²) >= 11 is 4.82. The molecule has 2 N–H and O–H groups in total. The zero-order valence-electron chi connectivity index (χ0n) is 9.42. The molecule has 0 unspecified atom stereocenters. The minimum absolute atomic E-state index is 0.252. The van der Waals surface area contributed by atoms with Gasteiger partial charge in [0, 0.05) is 5.69 Å². The topological polar surface area (TPSA) is 75.0 Å². The standard InChI is InChI=1S/C10H14N2O3S/c1-4-15-9(14)5(2)7-6(3)11-10(16)12-8(7)13/h5H,4H2,1-3H3,(H2,11,12,13,16)/t5-/m0/s1. The molecular weight excluding hydrogens is 228 g/mol. The summed E-state index contributed by atoms with van der Waals surface area (Å²) in [5, 5.41) is 0. The molecule has 5 nitrogen and oxygen atoms in total. The van der Waals surface area contributed by atoms with Crippen LogP contribution < -0.4 is 5.56 Å². The minimum Gasteiger partial charge on any atom is -0.466 e. The summed E-state index contributed by atoms with van der Waals surface area (Å²) in [5.41, 5.74) is 0.614. The first kappa shape index (κ1) is 12.6. The number of rotatable bonds is 3. The Labute approximate surface area is 97.9 Å². The molecule has 0 aromatic carbocycles. The third kappa shape index (κ3) is 2.57. The summed E-state index contributed by atoms with van der Waals surface area (Å²) in [4.78, 5) is 28.4. The monoisotopic (exact) mass is 242 g/mol. The number of nitrogens with one attached hydrogen (secondary N) is 2. The molecule has 0 aliphatic heterocycles. The minimum atomic E-state index is -0.601. The molecule has 88 valence electrons. The molecule has 16 heavy (non-hydrogen) atoms. The fourth-order valence-corrected chi connectivity index (χ4v) is 1.76. The Balaban J connectivity index is 3.19. The number of esters is 1. The fourth-order valence-electron chi connectivity index (χ4n) is 1.52. The highest BCUT2D eigenvalue weighted by molar-refractivity contribution is 7.71. The second kappa shape index (κ2) is 5.07. The number of hydrogen-bond donors (Lipinski definition) is 2. The molecule has 0 amide bonds. The quantitative estimate of drug-likeness (QED) is 0.620. The Morgan fingerprint density at radius 1 is 1.50 bits per heavy atom. The van der Waals surface area contributed by atoms with Gasteiger partial charge in [-0.05, 0) is 33.0 Å². The van der Waals surface area contributed by atoms with E-state index in [2.05, 4.69) is 9.97 Å². The number of hydrogen-bond acceptors (Lipinski definition) is 4. The lowest BCUT2D eigenvalue weighted by Gasteiger charge is -2.11. The summed E-state index contributed by atoms with van der Waals surface area (Å²) in [6.07, 6.45) is 0. The van der Waals surface area contributed by atoms with Crippen LogP contribution in [0.3, 0.4) is 0 Å². The zero-order valence-corrected chi connectivity index (χ0v) is 10.2. The number of aromatic nitrogens is 2. The Morgan fingerprint density at radius 2 is 2.12 bits per heavy atom. The molecule has 1 atom stereocenters. The van der Waals surface area contributed by atoms with E-state index in [1.54, 1.807) is 20.8 Å². The van der Waals surface area contributed by atoms with Gasteiger partial charge >= 0.3 is 5.97 Å². The normalized spacial score (nSPS) is 12.2. The van der Waals surface area contributed by atoms with Gasteiger partial charge in [-0.15, -0.1) is 0 Å². The molecule has 0 aliphatic carbocycles. The van der Waals surface area contributed by atoms with Crippen molar-refractivity contribution in [3.8, 4) is 0 Å². The molecule has 0 saturated heterocycles.